The van der Waals surface area contributed by atoms with Gasteiger partial charge in [-0.05, 0) is 12.1 Å². The number of carbonyl (C=O) groups excluding carboxylic acids is 1. The molecule has 0 saturated carbocycles. The molecule has 4 nitrogen and oxygen atoms in total. The summed E-state index contributed by atoms with van der Waals surface area (Å²) in [5.74, 6) is 0.631. The lowest BCUT2D eigenvalue weighted by Crippen LogP contribution is -2.21. The fourth-order valence-corrected chi connectivity index (χ4v) is 1.01. The molecule has 0 spiro atoms. The molecule has 0 aliphatic heterocycles. The van der Waals surface area contributed by atoms with Crippen molar-refractivity contribution in [3.8, 4) is 5.75 Å². The molecule has 0 saturated heterocycles. The number of rotatable bonds is 5. The Bertz CT molecular complexity index is 334. The molecule has 1 unspecified atom stereocenters. The van der Waals surface area contributed by atoms with Crippen molar-refractivity contribution in [2.75, 3.05) is 6.61 Å². The fraction of sp³-hybridized carbons (Fsp3) is 0.250. The van der Waals surface area contributed by atoms with E-state index in [-0.39, 0.29) is 6.61 Å². The van der Waals surface area contributed by atoms with Gasteiger partial charge in [0.1, 0.15) is 12.4 Å². The average Bonchev–Trinajstić information content (AvgIpc) is 2.27. The van der Waals surface area contributed by atoms with Crippen molar-refractivity contribution >= 4 is 6.16 Å². The summed E-state index contributed by atoms with van der Waals surface area (Å²) < 4.78 is 14.8. The molecule has 1 rings (SSSR count). The SMILES string of the molecule is C=CCOC(=O)OC(C)Oc1ccccc1. The lowest BCUT2D eigenvalue weighted by atomic mass is 10.3. The van der Waals surface area contributed by atoms with Gasteiger partial charge in [-0.2, -0.15) is 0 Å². The van der Waals surface area contributed by atoms with Crippen LogP contribution in [0.1, 0.15) is 6.92 Å². The molecule has 86 valence electrons. The third-order valence-corrected chi connectivity index (χ3v) is 1.63. The molecule has 1 aromatic rings. The summed E-state index contributed by atoms with van der Waals surface area (Å²) in [6.45, 7) is 5.15. The van der Waals surface area contributed by atoms with E-state index in [1.807, 2.05) is 18.2 Å². The van der Waals surface area contributed by atoms with Crippen LogP contribution in [0.2, 0.25) is 0 Å². The van der Waals surface area contributed by atoms with Gasteiger partial charge in [0.25, 0.3) is 0 Å². The van der Waals surface area contributed by atoms with Gasteiger partial charge in [0.05, 0.1) is 0 Å². The number of ether oxygens (including phenoxy) is 3. The number of hydrogen-bond acceptors (Lipinski definition) is 4. The van der Waals surface area contributed by atoms with Crippen molar-refractivity contribution in [1.82, 2.24) is 0 Å². The molecule has 0 fully saturated rings. The number of carbonyl (C=O) groups is 1. The van der Waals surface area contributed by atoms with Crippen LogP contribution in [0.3, 0.4) is 0 Å². The van der Waals surface area contributed by atoms with E-state index in [2.05, 4.69) is 11.3 Å². The van der Waals surface area contributed by atoms with E-state index in [9.17, 15) is 4.79 Å². The molecular formula is C12H14O4. The molecular weight excluding hydrogens is 208 g/mol. The second kappa shape index (κ2) is 6.50. The van der Waals surface area contributed by atoms with Crippen molar-refractivity contribution in [2.24, 2.45) is 0 Å². The number of benzene rings is 1. The van der Waals surface area contributed by atoms with Gasteiger partial charge in [0, 0.05) is 6.92 Å². The summed E-state index contributed by atoms with van der Waals surface area (Å²) in [5, 5.41) is 0. The quantitative estimate of drug-likeness (QED) is 0.436. The van der Waals surface area contributed by atoms with Crippen molar-refractivity contribution in [1.29, 1.82) is 0 Å². The zero-order chi connectivity index (χ0) is 11.8. The van der Waals surface area contributed by atoms with Gasteiger partial charge in [0.2, 0.25) is 6.29 Å². The molecule has 1 atom stereocenters. The highest BCUT2D eigenvalue weighted by Gasteiger charge is 2.10. The minimum atomic E-state index is -0.775. The Balaban J connectivity index is 2.33. The summed E-state index contributed by atoms with van der Waals surface area (Å²) in [5.41, 5.74) is 0. The zero-order valence-corrected chi connectivity index (χ0v) is 9.09. The molecule has 0 radical (unpaired) electrons. The van der Waals surface area contributed by atoms with Gasteiger partial charge < -0.3 is 14.2 Å². The van der Waals surface area contributed by atoms with Crippen molar-refractivity contribution in [3.05, 3.63) is 43.0 Å². The monoisotopic (exact) mass is 222 g/mol. The zero-order valence-electron chi connectivity index (χ0n) is 9.09. The first-order valence-corrected chi connectivity index (χ1v) is 4.88. The highest BCUT2D eigenvalue weighted by Crippen LogP contribution is 2.11. The predicted octanol–water partition coefficient (Wildman–Crippen LogP) is 2.75. The molecule has 0 bridgehead atoms. The molecule has 0 amide bonds. The van der Waals surface area contributed by atoms with Gasteiger partial charge in [-0.3, -0.25) is 0 Å². The van der Waals surface area contributed by atoms with Crippen LogP contribution in [0.5, 0.6) is 5.75 Å². The number of para-hydroxylation sites is 1. The van der Waals surface area contributed by atoms with E-state index in [0.29, 0.717) is 5.75 Å². The van der Waals surface area contributed by atoms with Crippen LogP contribution in [0.25, 0.3) is 0 Å². The van der Waals surface area contributed by atoms with Crippen LogP contribution in [0, 0.1) is 0 Å². The first-order valence-electron chi connectivity index (χ1n) is 4.88. The maximum atomic E-state index is 11.0. The molecule has 4 heteroatoms. The van der Waals surface area contributed by atoms with E-state index in [1.165, 1.54) is 6.08 Å². The molecule has 0 heterocycles. The van der Waals surface area contributed by atoms with Crippen LogP contribution in [-0.2, 0) is 9.47 Å². The Morgan fingerprint density at radius 1 is 1.44 bits per heavy atom. The van der Waals surface area contributed by atoms with E-state index < -0.39 is 12.4 Å². The average molecular weight is 222 g/mol. The topological polar surface area (TPSA) is 44.8 Å². The van der Waals surface area contributed by atoms with Crippen LogP contribution >= 0.6 is 0 Å². The van der Waals surface area contributed by atoms with E-state index in [0.717, 1.165) is 0 Å². The highest BCUT2D eigenvalue weighted by atomic mass is 16.8. The Hall–Kier alpha value is -1.97. The summed E-state index contributed by atoms with van der Waals surface area (Å²) in [6.07, 6.45) is -0.00712. The first kappa shape index (κ1) is 12.1. The summed E-state index contributed by atoms with van der Waals surface area (Å²) in [6, 6.07) is 9.08. The lowest BCUT2D eigenvalue weighted by molar-refractivity contribution is -0.0504. The second-order valence-electron chi connectivity index (χ2n) is 2.97. The van der Waals surface area contributed by atoms with Crippen LogP contribution in [0.4, 0.5) is 4.79 Å². The standard InChI is InChI=1S/C12H14O4/c1-3-9-14-12(13)16-10(2)15-11-7-5-4-6-8-11/h3-8,10H,1,9H2,2H3. The van der Waals surface area contributed by atoms with E-state index in [1.54, 1.807) is 19.1 Å². The summed E-state index contributed by atoms with van der Waals surface area (Å²) >= 11 is 0. The van der Waals surface area contributed by atoms with Crippen LogP contribution in [-0.4, -0.2) is 19.1 Å². The lowest BCUT2D eigenvalue weighted by Gasteiger charge is -2.14. The largest absolute Gasteiger partial charge is 0.511 e. The maximum absolute atomic E-state index is 11.0. The third kappa shape index (κ3) is 4.50. The molecule has 0 N–H and O–H groups in total. The first-order chi connectivity index (χ1) is 7.72. The molecule has 1 aromatic carbocycles. The highest BCUT2D eigenvalue weighted by molar-refractivity contribution is 5.60. The Morgan fingerprint density at radius 2 is 2.12 bits per heavy atom. The molecule has 0 aliphatic rings. The maximum Gasteiger partial charge on any atom is 0.511 e. The van der Waals surface area contributed by atoms with Gasteiger partial charge >= 0.3 is 6.16 Å². The second-order valence-corrected chi connectivity index (χ2v) is 2.97. The van der Waals surface area contributed by atoms with Gasteiger partial charge in [-0.15, -0.1) is 0 Å². The van der Waals surface area contributed by atoms with E-state index >= 15 is 0 Å². The van der Waals surface area contributed by atoms with Crippen molar-refractivity contribution in [2.45, 2.75) is 13.2 Å². The fourth-order valence-electron chi connectivity index (χ4n) is 1.01. The van der Waals surface area contributed by atoms with Crippen LogP contribution < -0.4 is 4.74 Å². The Kier molecular flexibility index (Phi) is 4.92. The Morgan fingerprint density at radius 3 is 2.75 bits per heavy atom. The van der Waals surface area contributed by atoms with E-state index in [4.69, 9.17) is 9.47 Å². The normalized spacial score (nSPS) is 11.3. The number of hydrogen-bond donors (Lipinski definition) is 0. The van der Waals surface area contributed by atoms with Gasteiger partial charge in [-0.25, -0.2) is 4.79 Å². The van der Waals surface area contributed by atoms with Crippen molar-refractivity contribution < 1.29 is 19.0 Å². The smallest absolute Gasteiger partial charge is 0.455 e. The molecule has 0 aromatic heterocycles. The minimum Gasteiger partial charge on any atom is -0.455 e. The summed E-state index contributed by atoms with van der Waals surface area (Å²) in [4.78, 5) is 11.0. The van der Waals surface area contributed by atoms with Crippen LogP contribution in [0.15, 0.2) is 43.0 Å². The third-order valence-electron chi connectivity index (χ3n) is 1.63. The van der Waals surface area contributed by atoms with Gasteiger partial charge in [-0.1, -0.05) is 30.9 Å². The Labute approximate surface area is 94.4 Å². The molecule has 16 heavy (non-hydrogen) atoms. The summed E-state index contributed by atoms with van der Waals surface area (Å²) in [7, 11) is 0. The molecule has 0 aliphatic carbocycles. The van der Waals surface area contributed by atoms with Gasteiger partial charge in [0.15, 0.2) is 0 Å². The predicted molar refractivity (Wildman–Crippen MR) is 59.2 cm³/mol. The minimum absolute atomic E-state index is 0.122. The van der Waals surface area contributed by atoms with Crippen molar-refractivity contribution in [3.63, 3.8) is 0 Å².